The molecular formula is C13H19BrN2O. The third kappa shape index (κ3) is 5.33. The molecule has 1 aromatic carbocycles. The van der Waals surface area contributed by atoms with Crippen LogP contribution in [0.1, 0.15) is 37.8 Å². The maximum absolute atomic E-state index is 10.6. The molecule has 0 unspecified atom stereocenters. The topological polar surface area (TPSA) is 55.1 Å². The number of halogens is 1. The van der Waals surface area contributed by atoms with Gasteiger partial charge in [0, 0.05) is 16.9 Å². The van der Waals surface area contributed by atoms with Crippen molar-refractivity contribution in [2.75, 3.05) is 6.54 Å². The van der Waals surface area contributed by atoms with Crippen LogP contribution in [0.25, 0.3) is 0 Å². The first-order valence-corrected chi connectivity index (χ1v) is 6.66. The summed E-state index contributed by atoms with van der Waals surface area (Å²) in [6, 6.07) is 8.49. The van der Waals surface area contributed by atoms with Crippen molar-refractivity contribution in [2.24, 2.45) is 5.73 Å². The Bertz CT molecular complexity index is 368. The van der Waals surface area contributed by atoms with Crippen molar-refractivity contribution in [3.63, 3.8) is 0 Å². The molecular weight excluding hydrogens is 280 g/mol. The number of carbonyl (C=O) groups excluding carboxylic acids is 1. The molecule has 0 fully saturated rings. The van der Waals surface area contributed by atoms with Crippen LogP contribution in [0.15, 0.2) is 28.7 Å². The summed E-state index contributed by atoms with van der Waals surface area (Å²) in [4.78, 5) is 10.6. The average molecular weight is 299 g/mol. The summed E-state index contributed by atoms with van der Waals surface area (Å²) in [5.41, 5.74) is 6.33. The summed E-state index contributed by atoms with van der Waals surface area (Å²) >= 11 is 3.54. The zero-order valence-electron chi connectivity index (χ0n) is 10.1. The van der Waals surface area contributed by atoms with Crippen LogP contribution in [-0.4, -0.2) is 12.5 Å². The molecule has 0 saturated heterocycles. The molecule has 1 atom stereocenters. The minimum atomic E-state index is -0.219. The van der Waals surface area contributed by atoms with E-state index in [0.717, 1.165) is 23.9 Å². The highest BCUT2D eigenvalue weighted by molar-refractivity contribution is 9.10. The Hall–Kier alpha value is -0.870. The maximum Gasteiger partial charge on any atom is 0.217 e. The minimum absolute atomic E-state index is 0.219. The van der Waals surface area contributed by atoms with Crippen LogP contribution in [-0.2, 0) is 4.79 Å². The molecule has 0 aromatic heterocycles. The van der Waals surface area contributed by atoms with Gasteiger partial charge in [-0.2, -0.15) is 0 Å². The number of hydrogen-bond acceptors (Lipinski definition) is 2. The van der Waals surface area contributed by atoms with E-state index in [0.29, 0.717) is 12.5 Å². The summed E-state index contributed by atoms with van der Waals surface area (Å²) in [5, 5.41) is 3.43. The van der Waals surface area contributed by atoms with Crippen molar-refractivity contribution in [3.8, 4) is 0 Å². The van der Waals surface area contributed by atoms with E-state index in [2.05, 4.69) is 34.2 Å². The molecule has 1 amide bonds. The predicted octanol–water partition coefficient (Wildman–Crippen LogP) is 2.76. The SMILES string of the molecule is C[C@@H](NCCCCC(N)=O)c1ccccc1Br. The molecule has 3 N–H and O–H groups in total. The number of unbranched alkanes of at least 4 members (excludes halogenated alkanes) is 1. The van der Waals surface area contributed by atoms with Crippen molar-refractivity contribution in [1.29, 1.82) is 0 Å². The molecule has 4 heteroatoms. The Morgan fingerprint density at radius 1 is 1.41 bits per heavy atom. The van der Waals surface area contributed by atoms with Crippen molar-refractivity contribution >= 4 is 21.8 Å². The van der Waals surface area contributed by atoms with Gasteiger partial charge in [-0.25, -0.2) is 0 Å². The highest BCUT2D eigenvalue weighted by atomic mass is 79.9. The van der Waals surface area contributed by atoms with E-state index in [9.17, 15) is 4.79 Å². The Labute approximate surface area is 111 Å². The monoisotopic (exact) mass is 298 g/mol. The lowest BCUT2D eigenvalue weighted by atomic mass is 10.1. The van der Waals surface area contributed by atoms with Gasteiger partial charge in [0.25, 0.3) is 0 Å². The van der Waals surface area contributed by atoms with E-state index in [1.165, 1.54) is 5.56 Å². The molecule has 0 aliphatic rings. The van der Waals surface area contributed by atoms with Crippen LogP contribution in [0.4, 0.5) is 0 Å². The molecule has 0 bridgehead atoms. The van der Waals surface area contributed by atoms with Gasteiger partial charge in [0.15, 0.2) is 0 Å². The summed E-state index contributed by atoms with van der Waals surface area (Å²) < 4.78 is 1.12. The van der Waals surface area contributed by atoms with Crippen LogP contribution < -0.4 is 11.1 Å². The van der Waals surface area contributed by atoms with E-state index >= 15 is 0 Å². The van der Waals surface area contributed by atoms with Gasteiger partial charge in [0.2, 0.25) is 5.91 Å². The van der Waals surface area contributed by atoms with Crippen molar-refractivity contribution in [3.05, 3.63) is 34.3 Å². The predicted molar refractivity (Wildman–Crippen MR) is 73.6 cm³/mol. The summed E-state index contributed by atoms with van der Waals surface area (Å²) in [5.74, 6) is -0.219. The molecule has 17 heavy (non-hydrogen) atoms. The standard InChI is InChI=1S/C13H19BrN2O/c1-10(11-6-2-3-7-12(11)14)16-9-5-4-8-13(15)17/h2-3,6-7,10,16H,4-5,8-9H2,1H3,(H2,15,17)/t10-/m1/s1. The number of rotatable bonds is 7. The lowest BCUT2D eigenvalue weighted by Gasteiger charge is -2.15. The Kier molecular flexibility index (Phi) is 6.22. The van der Waals surface area contributed by atoms with Gasteiger partial charge >= 0.3 is 0 Å². The molecule has 0 aliphatic carbocycles. The Morgan fingerprint density at radius 2 is 2.12 bits per heavy atom. The zero-order chi connectivity index (χ0) is 12.7. The summed E-state index contributed by atoms with van der Waals surface area (Å²) in [6.07, 6.45) is 2.30. The number of nitrogens with two attached hydrogens (primary N) is 1. The second-order valence-electron chi connectivity index (χ2n) is 4.12. The molecule has 0 radical (unpaired) electrons. The fourth-order valence-electron chi connectivity index (χ4n) is 1.68. The molecule has 94 valence electrons. The Morgan fingerprint density at radius 3 is 2.76 bits per heavy atom. The van der Waals surface area contributed by atoms with Gasteiger partial charge in [0.05, 0.1) is 0 Å². The van der Waals surface area contributed by atoms with Crippen molar-refractivity contribution < 1.29 is 4.79 Å². The second-order valence-corrected chi connectivity index (χ2v) is 4.98. The average Bonchev–Trinajstić information content (AvgIpc) is 2.28. The van der Waals surface area contributed by atoms with Crippen LogP contribution in [0.2, 0.25) is 0 Å². The van der Waals surface area contributed by atoms with Crippen molar-refractivity contribution in [2.45, 2.75) is 32.2 Å². The van der Waals surface area contributed by atoms with Crippen molar-refractivity contribution in [1.82, 2.24) is 5.32 Å². The molecule has 0 spiro atoms. The number of nitrogens with one attached hydrogen (secondary N) is 1. The number of primary amides is 1. The first-order chi connectivity index (χ1) is 8.11. The second kappa shape index (κ2) is 7.45. The molecule has 3 nitrogen and oxygen atoms in total. The van der Waals surface area contributed by atoms with Gasteiger partial charge in [-0.3, -0.25) is 4.79 Å². The molecule has 0 aliphatic heterocycles. The first kappa shape index (κ1) is 14.2. The fraction of sp³-hybridized carbons (Fsp3) is 0.462. The van der Waals surface area contributed by atoms with E-state index < -0.39 is 0 Å². The van der Waals surface area contributed by atoms with E-state index in [1.54, 1.807) is 0 Å². The minimum Gasteiger partial charge on any atom is -0.370 e. The van der Waals surface area contributed by atoms with E-state index in [-0.39, 0.29) is 5.91 Å². The van der Waals surface area contributed by atoms with Gasteiger partial charge in [-0.1, -0.05) is 34.1 Å². The van der Waals surface area contributed by atoms with Crippen LogP contribution >= 0.6 is 15.9 Å². The lowest BCUT2D eigenvalue weighted by Crippen LogP contribution is -2.20. The smallest absolute Gasteiger partial charge is 0.217 e. The molecule has 1 aromatic rings. The quantitative estimate of drug-likeness (QED) is 0.761. The first-order valence-electron chi connectivity index (χ1n) is 5.87. The summed E-state index contributed by atoms with van der Waals surface area (Å²) in [6.45, 7) is 3.03. The Balaban J connectivity index is 2.28. The van der Waals surface area contributed by atoms with Gasteiger partial charge < -0.3 is 11.1 Å². The number of carbonyl (C=O) groups is 1. The zero-order valence-corrected chi connectivity index (χ0v) is 11.7. The van der Waals surface area contributed by atoms with Crippen LogP contribution in [0.3, 0.4) is 0 Å². The number of benzene rings is 1. The van der Waals surface area contributed by atoms with E-state index in [4.69, 9.17) is 5.73 Å². The highest BCUT2D eigenvalue weighted by Crippen LogP contribution is 2.22. The summed E-state index contributed by atoms with van der Waals surface area (Å²) in [7, 11) is 0. The van der Waals surface area contributed by atoms with Crippen LogP contribution in [0, 0.1) is 0 Å². The number of amides is 1. The maximum atomic E-state index is 10.6. The molecule has 0 saturated carbocycles. The van der Waals surface area contributed by atoms with Gasteiger partial charge in [0.1, 0.15) is 0 Å². The third-order valence-electron chi connectivity index (χ3n) is 2.67. The molecule has 0 heterocycles. The van der Waals surface area contributed by atoms with E-state index in [1.807, 2.05) is 18.2 Å². The van der Waals surface area contributed by atoms with Gasteiger partial charge in [-0.05, 0) is 37.9 Å². The largest absolute Gasteiger partial charge is 0.370 e. The third-order valence-corrected chi connectivity index (χ3v) is 3.39. The molecule has 1 rings (SSSR count). The van der Waals surface area contributed by atoms with Gasteiger partial charge in [-0.15, -0.1) is 0 Å². The number of hydrogen-bond donors (Lipinski definition) is 2. The normalized spacial score (nSPS) is 12.4. The lowest BCUT2D eigenvalue weighted by molar-refractivity contribution is -0.118. The van der Waals surface area contributed by atoms with Crippen LogP contribution in [0.5, 0.6) is 0 Å². The fourth-order valence-corrected chi connectivity index (χ4v) is 2.31. The highest BCUT2D eigenvalue weighted by Gasteiger charge is 2.07.